The predicted molar refractivity (Wildman–Crippen MR) is 124 cm³/mol. The Morgan fingerprint density at radius 1 is 0.500 bits per heavy atom. The van der Waals surface area contributed by atoms with Crippen molar-refractivity contribution in [2.24, 2.45) is 47.3 Å². The Morgan fingerprint density at radius 2 is 0.750 bits per heavy atom. The molecular weight excluding hydrogens is 336 g/mol. The minimum atomic E-state index is 0.762. The van der Waals surface area contributed by atoms with E-state index in [2.05, 4.69) is 79.7 Å². The zero-order valence-electron chi connectivity index (χ0n) is 19.9. The molecule has 0 bridgehead atoms. The fourth-order valence-electron chi connectivity index (χ4n) is 7.16. The first-order valence-electron chi connectivity index (χ1n) is 12.3. The summed E-state index contributed by atoms with van der Waals surface area (Å²) in [5, 5.41) is 0. The lowest BCUT2D eigenvalue weighted by Gasteiger charge is -2.36. The van der Waals surface area contributed by atoms with Crippen molar-refractivity contribution in [2.75, 3.05) is 0 Å². The van der Waals surface area contributed by atoms with Crippen LogP contribution in [-0.2, 0) is 0 Å². The van der Waals surface area contributed by atoms with Crippen LogP contribution in [0, 0.1) is 47.3 Å². The third-order valence-corrected chi connectivity index (χ3v) is 8.65. The van der Waals surface area contributed by atoms with E-state index in [4.69, 9.17) is 0 Å². The monoisotopic (exact) mass is 382 g/mol. The second-order valence-corrected chi connectivity index (χ2v) is 11.5. The van der Waals surface area contributed by atoms with Gasteiger partial charge in [-0.2, -0.15) is 0 Å². The van der Waals surface area contributed by atoms with Crippen LogP contribution in [-0.4, -0.2) is 0 Å². The SMILES string of the molecule is CC(C)C1CC[C@H](C(C)C)C1c1ccccc1C1C(C(C)C)CC[C@@H]1C(C)C. The molecule has 0 amide bonds. The second-order valence-electron chi connectivity index (χ2n) is 11.5. The third kappa shape index (κ3) is 4.08. The van der Waals surface area contributed by atoms with Crippen molar-refractivity contribution in [1.82, 2.24) is 0 Å². The minimum Gasteiger partial charge on any atom is -0.0625 e. The maximum atomic E-state index is 2.53. The van der Waals surface area contributed by atoms with Gasteiger partial charge in [0.25, 0.3) is 0 Å². The molecule has 0 heteroatoms. The fourth-order valence-corrected chi connectivity index (χ4v) is 7.16. The summed E-state index contributed by atoms with van der Waals surface area (Å²) in [6.07, 6.45) is 5.69. The third-order valence-electron chi connectivity index (χ3n) is 8.65. The molecule has 0 aliphatic heterocycles. The maximum Gasteiger partial charge on any atom is -0.00976 e. The van der Waals surface area contributed by atoms with Gasteiger partial charge in [0.2, 0.25) is 0 Å². The van der Waals surface area contributed by atoms with Crippen LogP contribution in [0.4, 0.5) is 0 Å². The highest BCUT2D eigenvalue weighted by Crippen LogP contribution is 2.56. The Kier molecular flexibility index (Phi) is 6.99. The first kappa shape index (κ1) is 21.9. The first-order valence-corrected chi connectivity index (χ1v) is 12.3. The molecule has 158 valence electrons. The molecule has 0 heterocycles. The Hall–Kier alpha value is -0.780. The van der Waals surface area contributed by atoms with E-state index in [-0.39, 0.29) is 0 Å². The summed E-state index contributed by atoms with van der Waals surface area (Å²) in [5.41, 5.74) is 3.47. The standard InChI is InChI=1S/C28H46/c1-17(2)21-13-14-22(18(3)4)27(21)25-11-9-10-12-26(25)28-23(19(5)6)15-16-24(28)20(7)8/h9-12,17-24,27-28H,13-16H2,1-8H3/t21-,22?,23-,24?,27?,28?/m1/s1. The van der Waals surface area contributed by atoms with Crippen molar-refractivity contribution < 1.29 is 0 Å². The molecule has 1 aromatic rings. The molecule has 2 saturated carbocycles. The van der Waals surface area contributed by atoms with Gasteiger partial charge in [0, 0.05) is 0 Å². The lowest BCUT2D eigenvalue weighted by Crippen LogP contribution is -2.26. The molecule has 0 nitrogen and oxygen atoms in total. The van der Waals surface area contributed by atoms with Crippen molar-refractivity contribution in [2.45, 2.75) is 92.9 Å². The number of rotatable bonds is 6. The van der Waals surface area contributed by atoms with E-state index < -0.39 is 0 Å². The Labute approximate surface area is 175 Å². The average molecular weight is 383 g/mol. The first-order chi connectivity index (χ1) is 13.2. The van der Waals surface area contributed by atoms with Crippen LogP contribution >= 0.6 is 0 Å². The second kappa shape index (κ2) is 8.93. The number of hydrogen-bond donors (Lipinski definition) is 0. The molecular formula is C28H46. The van der Waals surface area contributed by atoms with Gasteiger partial charge in [-0.05, 0) is 96.0 Å². The van der Waals surface area contributed by atoms with Gasteiger partial charge >= 0.3 is 0 Å². The van der Waals surface area contributed by atoms with Crippen LogP contribution in [0.5, 0.6) is 0 Å². The smallest absolute Gasteiger partial charge is 0.00976 e. The molecule has 1 aromatic carbocycles. The van der Waals surface area contributed by atoms with E-state index in [0.717, 1.165) is 59.2 Å². The summed E-state index contributed by atoms with van der Waals surface area (Å²) in [5.74, 6) is 8.07. The average Bonchev–Trinajstić information content (AvgIpc) is 3.26. The van der Waals surface area contributed by atoms with Gasteiger partial charge in [-0.15, -0.1) is 0 Å². The van der Waals surface area contributed by atoms with Crippen molar-refractivity contribution >= 4 is 0 Å². The fraction of sp³-hybridized carbons (Fsp3) is 0.786. The Balaban J connectivity index is 2.08. The van der Waals surface area contributed by atoms with Gasteiger partial charge < -0.3 is 0 Å². The summed E-state index contributed by atoms with van der Waals surface area (Å²) in [7, 11) is 0. The summed E-state index contributed by atoms with van der Waals surface area (Å²) >= 11 is 0. The van der Waals surface area contributed by atoms with Gasteiger partial charge in [-0.1, -0.05) is 79.7 Å². The molecule has 6 atom stereocenters. The number of benzene rings is 1. The Morgan fingerprint density at radius 3 is 0.964 bits per heavy atom. The van der Waals surface area contributed by atoms with E-state index in [1.807, 2.05) is 0 Å². The largest absolute Gasteiger partial charge is 0.0625 e. The van der Waals surface area contributed by atoms with Gasteiger partial charge in [-0.25, -0.2) is 0 Å². The molecule has 2 aliphatic rings. The van der Waals surface area contributed by atoms with Crippen LogP contribution in [0.3, 0.4) is 0 Å². The van der Waals surface area contributed by atoms with Gasteiger partial charge in [-0.3, -0.25) is 0 Å². The van der Waals surface area contributed by atoms with Crippen LogP contribution in [0.15, 0.2) is 24.3 Å². The van der Waals surface area contributed by atoms with Crippen LogP contribution < -0.4 is 0 Å². The van der Waals surface area contributed by atoms with E-state index in [0.29, 0.717) is 0 Å². The summed E-state index contributed by atoms with van der Waals surface area (Å²) in [4.78, 5) is 0. The van der Waals surface area contributed by atoms with Crippen LogP contribution in [0.1, 0.15) is 104 Å². The predicted octanol–water partition coefficient (Wildman–Crippen LogP) is 8.53. The van der Waals surface area contributed by atoms with Gasteiger partial charge in [0.05, 0.1) is 0 Å². The van der Waals surface area contributed by atoms with Crippen LogP contribution in [0.2, 0.25) is 0 Å². The molecule has 0 spiro atoms. The van der Waals surface area contributed by atoms with E-state index >= 15 is 0 Å². The van der Waals surface area contributed by atoms with Gasteiger partial charge in [0.15, 0.2) is 0 Å². The normalized spacial score (nSPS) is 33.7. The number of hydrogen-bond acceptors (Lipinski definition) is 0. The summed E-state index contributed by atoms with van der Waals surface area (Å²) in [6, 6.07) is 9.72. The highest BCUT2D eigenvalue weighted by molar-refractivity contribution is 5.37. The minimum absolute atomic E-state index is 0.762. The zero-order valence-corrected chi connectivity index (χ0v) is 19.9. The Bertz CT molecular complexity index is 536. The lowest BCUT2D eigenvalue weighted by atomic mass is 9.68. The maximum absolute atomic E-state index is 2.53. The zero-order chi connectivity index (χ0) is 20.6. The molecule has 28 heavy (non-hydrogen) atoms. The van der Waals surface area contributed by atoms with Crippen molar-refractivity contribution in [3.05, 3.63) is 35.4 Å². The van der Waals surface area contributed by atoms with Gasteiger partial charge in [0.1, 0.15) is 0 Å². The molecule has 2 fully saturated rings. The summed E-state index contributed by atoms with van der Waals surface area (Å²) in [6.45, 7) is 19.7. The molecule has 3 rings (SSSR count). The molecule has 4 unspecified atom stereocenters. The van der Waals surface area contributed by atoms with E-state index in [1.54, 1.807) is 11.1 Å². The van der Waals surface area contributed by atoms with Crippen LogP contribution in [0.25, 0.3) is 0 Å². The summed E-state index contributed by atoms with van der Waals surface area (Å²) < 4.78 is 0. The van der Waals surface area contributed by atoms with Crippen molar-refractivity contribution in [1.29, 1.82) is 0 Å². The molecule has 0 N–H and O–H groups in total. The molecule has 2 aliphatic carbocycles. The molecule has 0 radical (unpaired) electrons. The quantitative estimate of drug-likeness (QED) is 0.462. The highest BCUT2D eigenvalue weighted by atomic mass is 14.5. The van der Waals surface area contributed by atoms with E-state index in [1.165, 1.54) is 25.7 Å². The van der Waals surface area contributed by atoms with Crippen molar-refractivity contribution in [3.8, 4) is 0 Å². The molecule has 0 aromatic heterocycles. The highest BCUT2D eigenvalue weighted by Gasteiger charge is 2.45. The van der Waals surface area contributed by atoms with Crippen molar-refractivity contribution in [3.63, 3.8) is 0 Å². The topological polar surface area (TPSA) is 0 Å². The molecule has 0 saturated heterocycles. The van der Waals surface area contributed by atoms with E-state index in [9.17, 15) is 0 Å². The lowest BCUT2D eigenvalue weighted by molar-refractivity contribution is 0.266.